The molecular formula is C33H66I2O2. The van der Waals surface area contributed by atoms with Gasteiger partial charge in [-0.1, -0.05) is 207 Å². The molecule has 0 bridgehead atoms. The van der Waals surface area contributed by atoms with Crippen LogP contribution in [0.15, 0.2) is 0 Å². The summed E-state index contributed by atoms with van der Waals surface area (Å²) in [6.07, 6.45) is 33.5. The van der Waals surface area contributed by atoms with Gasteiger partial charge in [0.2, 0.25) is 0 Å². The molecule has 0 aromatic rings. The topological polar surface area (TPSA) is 18.5 Å². The van der Waals surface area contributed by atoms with E-state index in [0.29, 0.717) is 1.93 Å². The Kier molecular flexibility index (Phi) is 31.5. The van der Waals surface area contributed by atoms with Crippen molar-refractivity contribution in [3.63, 3.8) is 0 Å². The van der Waals surface area contributed by atoms with Crippen LogP contribution in [0.25, 0.3) is 0 Å². The lowest BCUT2D eigenvalue weighted by molar-refractivity contribution is -0.00317. The van der Waals surface area contributed by atoms with E-state index in [0.717, 1.165) is 26.4 Å². The molecule has 2 nitrogen and oxygen atoms in total. The molecule has 0 aliphatic heterocycles. The maximum atomic E-state index is 6.13. The molecule has 37 heavy (non-hydrogen) atoms. The summed E-state index contributed by atoms with van der Waals surface area (Å²) in [4.78, 5) is 0. The van der Waals surface area contributed by atoms with Crippen LogP contribution in [0.3, 0.4) is 0 Å². The summed E-state index contributed by atoms with van der Waals surface area (Å²) >= 11 is 5.09. The molecule has 0 aromatic heterocycles. The van der Waals surface area contributed by atoms with Gasteiger partial charge in [0.1, 0.15) is 0 Å². The third kappa shape index (κ3) is 27.3. The Labute approximate surface area is 261 Å². The van der Waals surface area contributed by atoms with Gasteiger partial charge in [-0.25, -0.2) is 0 Å². The molecule has 0 amide bonds. The monoisotopic (exact) mass is 748 g/mol. The highest BCUT2D eigenvalue weighted by atomic mass is 127. The SMILES string of the molecule is CCCCCCCCCCCCCCOCC(C)(COCCCCCCCCCCCCCC)C(I)I. The number of ether oxygens (including phenoxy) is 2. The summed E-state index contributed by atoms with van der Waals surface area (Å²) in [7, 11) is 0. The van der Waals surface area contributed by atoms with Crippen molar-refractivity contribution in [2.75, 3.05) is 26.4 Å². The van der Waals surface area contributed by atoms with E-state index < -0.39 is 0 Å². The zero-order chi connectivity index (χ0) is 27.3. The van der Waals surface area contributed by atoms with E-state index in [2.05, 4.69) is 66.0 Å². The fourth-order valence-corrected chi connectivity index (χ4v) is 5.59. The number of hydrogen-bond donors (Lipinski definition) is 0. The minimum absolute atomic E-state index is 0.107. The summed E-state index contributed by atoms with van der Waals surface area (Å²) in [5, 5.41) is 0. The molecule has 0 fully saturated rings. The van der Waals surface area contributed by atoms with Crippen molar-refractivity contribution < 1.29 is 9.47 Å². The van der Waals surface area contributed by atoms with Crippen LogP contribution in [-0.4, -0.2) is 28.4 Å². The first-order valence-corrected chi connectivity index (χ1v) is 19.0. The molecule has 0 spiro atoms. The summed E-state index contributed by atoms with van der Waals surface area (Å²) in [6.45, 7) is 10.4. The second-order valence-corrected chi connectivity index (χ2v) is 16.7. The predicted octanol–water partition coefficient (Wildman–Crippen LogP) is 12.6. The van der Waals surface area contributed by atoms with Gasteiger partial charge in [0, 0.05) is 18.6 Å². The Hall–Kier alpha value is 1.38. The zero-order valence-electron chi connectivity index (χ0n) is 25.4. The quantitative estimate of drug-likeness (QED) is 0.0399. The fourth-order valence-electron chi connectivity index (χ4n) is 4.87. The fraction of sp³-hybridized carbons (Fsp3) is 1.00. The van der Waals surface area contributed by atoms with Crippen molar-refractivity contribution in [3.8, 4) is 0 Å². The minimum atomic E-state index is 0.107. The standard InChI is InChI=1S/C33H66I2O2/c1-4-6-8-10-12-14-16-18-20-22-24-26-28-36-30-33(3,32(34)35)31-37-29-27-25-23-21-19-17-15-13-11-9-7-5-2/h32H,4-31H2,1-3H3. The number of halogens is 2. The van der Waals surface area contributed by atoms with Gasteiger partial charge >= 0.3 is 0 Å². The molecule has 0 heterocycles. The zero-order valence-corrected chi connectivity index (χ0v) is 29.8. The molecule has 0 aliphatic carbocycles. The van der Waals surface area contributed by atoms with E-state index in [1.54, 1.807) is 0 Å². The number of hydrogen-bond acceptors (Lipinski definition) is 2. The van der Waals surface area contributed by atoms with Crippen LogP contribution in [0.1, 0.15) is 175 Å². The van der Waals surface area contributed by atoms with Gasteiger partial charge in [-0.3, -0.25) is 0 Å². The molecule has 224 valence electrons. The highest BCUT2D eigenvalue weighted by Gasteiger charge is 2.31. The first-order chi connectivity index (χ1) is 18.1. The van der Waals surface area contributed by atoms with Crippen LogP contribution in [0.4, 0.5) is 0 Å². The lowest BCUT2D eigenvalue weighted by atomic mass is 9.96. The highest BCUT2D eigenvalue weighted by Crippen LogP contribution is 2.34. The van der Waals surface area contributed by atoms with E-state index in [-0.39, 0.29) is 5.41 Å². The minimum Gasteiger partial charge on any atom is -0.381 e. The van der Waals surface area contributed by atoms with Crippen LogP contribution in [0.5, 0.6) is 0 Å². The Morgan fingerprint density at radius 3 is 0.919 bits per heavy atom. The molecule has 0 N–H and O–H groups in total. The summed E-state index contributed by atoms with van der Waals surface area (Å²) < 4.78 is 12.8. The second-order valence-electron chi connectivity index (χ2n) is 11.8. The van der Waals surface area contributed by atoms with E-state index in [4.69, 9.17) is 9.47 Å². The van der Waals surface area contributed by atoms with E-state index in [9.17, 15) is 0 Å². The van der Waals surface area contributed by atoms with Crippen molar-refractivity contribution in [1.82, 2.24) is 0 Å². The first-order valence-electron chi connectivity index (χ1n) is 16.5. The van der Waals surface area contributed by atoms with E-state index >= 15 is 0 Å². The molecule has 0 aliphatic rings. The highest BCUT2D eigenvalue weighted by molar-refractivity contribution is 14.2. The molecular weight excluding hydrogens is 682 g/mol. The van der Waals surface area contributed by atoms with Crippen molar-refractivity contribution in [1.29, 1.82) is 0 Å². The smallest absolute Gasteiger partial charge is 0.0724 e. The number of unbranched alkanes of at least 4 members (excludes halogenated alkanes) is 22. The van der Waals surface area contributed by atoms with Gasteiger partial charge in [0.25, 0.3) is 0 Å². The molecule has 0 atom stereocenters. The van der Waals surface area contributed by atoms with Gasteiger partial charge < -0.3 is 9.47 Å². The molecule has 0 radical (unpaired) electrons. The maximum absolute atomic E-state index is 6.13. The Bertz CT molecular complexity index is 399. The van der Waals surface area contributed by atoms with Crippen LogP contribution in [-0.2, 0) is 9.47 Å². The Balaban J connectivity index is 3.54. The predicted molar refractivity (Wildman–Crippen MR) is 184 cm³/mol. The molecule has 0 rings (SSSR count). The number of rotatable bonds is 31. The first kappa shape index (κ1) is 38.4. The van der Waals surface area contributed by atoms with Crippen molar-refractivity contribution >= 4 is 45.2 Å². The van der Waals surface area contributed by atoms with Crippen molar-refractivity contribution in [2.24, 2.45) is 5.41 Å². The third-order valence-corrected chi connectivity index (χ3v) is 10.7. The largest absolute Gasteiger partial charge is 0.381 e. The van der Waals surface area contributed by atoms with Crippen LogP contribution in [0, 0.1) is 5.41 Å². The van der Waals surface area contributed by atoms with Crippen LogP contribution in [0.2, 0.25) is 0 Å². The van der Waals surface area contributed by atoms with Crippen molar-refractivity contribution in [2.45, 2.75) is 177 Å². The summed E-state index contributed by atoms with van der Waals surface area (Å²) in [5.41, 5.74) is 0.107. The second kappa shape index (κ2) is 30.3. The molecule has 0 unspecified atom stereocenters. The van der Waals surface area contributed by atoms with E-state index in [1.807, 2.05) is 0 Å². The lowest BCUT2D eigenvalue weighted by Crippen LogP contribution is -2.35. The van der Waals surface area contributed by atoms with Crippen LogP contribution >= 0.6 is 45.2 Å². The molecule has 0 saturated carbocycles. The summed E-state index contributed by atoms with van der Waals surface area (Å²) in [6, 6.07) is 0. The van der Waals surface area contributed by atoms with Gasteiger partial charge in [-0.05, 0) is 12.8 Å². The molecule has 0 saturated heterocycles. The van der Waals surface area contributed by atoms with Gasteiger partial charge in [0.15, 0.2) is 0 Å². The summed E-state index contributed by atoms with van der Waals surface area (Å²) in [5.74, 6) is 0. The number of alkyl halides is 2. The third-order valence-electron chi connectivity index (χ3n) is 7.67. The average Bonchev–Trinajstić information content (AvgIpc) is 2.89. The van der Waals surface area contributed by atoms with Crippen LogP contribution < -0.4 is 0 Å². The van der Waals surface area contributed by atoms with Crippen molar-refractivity contribution in [3.05, 3.63) is 0 Å². The maximum Gasteiger partial charge on any atom is 0.0724 e. The van der Waals surface area contributed by atoms with E-state index in [1.165, 1.54) is 154 Å². The lowest BCUT2D eigenvalue weighted by Gasteiger charge is -2.31. The Morgan fingerprint density at radius 1 is 0.432 bits per heavy atom. The average molecular weight is 749 g/mol. The molecule has 0 aromatic carbocycles. The van der Waals surface area contributed by atoms with Gasteiger partial charge in [-0.2, -0.15) is 0 Å². The Morgan fingerprint density at radius 2 is 0.676 bits per heavy atom. The van der Waals surface area contributed by atoms with Gasteiger partial charge in [0.05, 0.1) is 15.1 Å². The van der Waals surface area contributed by atoms with Gasteiger partial charge in [-0.15, -0.1) is 0 Å². The normalized spacial score (nSPS) is 12.2. The molecule has 4 heteroatoms.